The number of hydrogen-bond donors (Lipinski definition) is 1. The van der Waals surface area contributed by atoms with Crippen molar-refractivity contribution >= 4 is 45.7 Å². The monoisotopic (exact) mass is 486 g/mol. The summed E-state index contributed by atoms with van der Waals surface area (Å²) < 4.78 is 2.58. The zero-order valence-electron chi connectivity index (χ0n) is 14.4. The van der Waals surface area contributed by atoms with Crippen molar-refractivity contribution in [2.45, 2.75) is 6.92 Å². The van der Waals surface area contributed by atoms with Crippen LogP contribution in [-0.2, 0) is 0 Å². The lowest BCUT2D eigenvalue weighted by molar-refractivity contribution is 0.102. The minimum absolute atomic E-state index is 0.166. The predicted molar refractivity (Wildman–Crippen MR) is 117 cm³/mol. The number of amides is 1. The van der Waals surface area contributed by atoms with Crippen molar-refractivity contribution in [3.63, 3.8) is 0 Å². The van der Waals surface area contributed by atoms with Crippen LogP contribution in [0.1, 0.15) is 16.1 Å². The molecule has 4 aromatic rings. The molecule has 0 aliphatic rings. The standard InChI is InChI=1S/C20H15IN4OS/c1-13-11-18(23-19(26)15-9-5-6-10-16(15)21)25(24-13)20-22-17(12-27-20)14-7-3-2-4-8-14/h2-12H,1H3,(H,23,26). The van der Waals surface area contributed by atoms with Crippen LogP contribution in [-0.4, -0.2) is 20.7 Å². The number of hydrogen-bond acceptors (Lipinski definition) is 4. The Balaban J connectivity index is 1.65. The molecule has 0 saturated heterocycles. The molecule has 7 heteroatoms. The van der Waals surface area contributed by atoms with Gasteiger partial charge in [0.25, 0.3) is 5.91 Å². The van der Waals surface area contributed by atoms with Gasteiger partial charge in [-0.3, -0.25) is 4.79 Å². The summed E-state index contributed by atoms with van der Waals surface area (Å²) in [6.07, 6.45) is 0. The zero-order valence-corrected chi connectivity index (χ0v) is 17.4. The van der Waals surface area contributed by atoms with Gasteiger partial charge in [0.05, 0.1) is 17.0 Å². The van der Waals surface area contributed by atoms with E-state index in [0.29, 0.717) is 16.5 Å². The number of anilines is 1. The summed E-state index contributed by atoms with van der Waals surface area (Å²) in [5.74, 6) is 0.437. The number of carbonyl (C=O) groups excluding carboxylic acids is 1. The van der Waals surface area contributed by atoms with Gasteiger partial charge in [0.15, 0.2) is 0 Å². The SMILES string of the molecule is Cc1cc(NC(=O)c2ccccc2I)n(-c2nc(-c3ccccc3)cs2)n1. The average Bonchev–Trinajstić information content (AvgIpc) is 3.29. The third-order valence-corrected chi connectivity index (χ3v) is 5.69. The van der Waals surface area contributed by atoms with E-state index in [1.165, 1.54) is 11.3 Å². The van der Waals surface area contributed by atoms with Crippen LogP contribution in [0.25, 0.3) is 16.4 Å². The summed E-state index contributed by atoms with van der Waals surface area (Å²) in [6.45, 7) is 1.89. The van der Waals surface area contributed by atoms with Gasteiger partial charge in [-0.2, -0.15) is 9.78 Å². The van der Waals surface area contributed by atoms with Crippen LogP contribution in [0.2, 0.25) is 0 Å². The van der Waals surface area contributed by atoms with Crippen LogP contribution < -0.4 is 5.32 Å². The highest BCUT2D eigenvalue weighted by Crippen LogP contribution is 2.26. The fourth-order valence-electron chi connectivity index (χ4n) is 2.67. The lowest BCUT2D eigenvalue weighted by atomic mass is 10.2. The molecule has 2 aromatic carbocycles. The minimum atomic E-state index is -0.166. The minimum Gasteiger partial charge on any atom is -0.306 e. The van der Waals surface area contributed by atoms with E-state index in [2.05, 4.69) is 38.0 Å². The molecule has 0 spiro atoms. The molecular formula is C20H15IN4OS. The average molecular weight is 486 g/mol. The van der Waals surface area contributed by atoms with Gasteiger partial charge in [0.1, 0.15) is 5.82 Å². The van der Waals surface area contributed by atoms with E-state index in [1.807, 2.05) is 73.0 Å². The summed E-state index contributed by atoms with van der Waals surface area (Å²) in [5.41, 5.74) is 3.38. The van der Waals surface area contributed by atoms with Crippen molar-refractivity contribution in [2.75, 3.05) is 5.32 Å². The third-order valence-electron chi connectivity index (χ3n) is 3.93. The number of aryl methyl sites for hydroxylation is 1. The second-order valence-corrected chi connectivity index (χ2v) is 7.90. The lowest BCUT2D eigenvalue weighted by Crippen LogP contribution is -2.16. The molecule has 1 N–H and O–H groups in total. The van der Waals surface area contributed by atoms with Crippen molar-refractivity contribution < 1.29 is 4.79 Å². The molecule has 0 unspecified atom stereocenters. The molecule has 0 saturated carbocycles. The first kappa shape index (κ1) is 17.9. The number of nitrogens with zero attached hydrogens (tertiary/aromatic N) is 3. The Morgan fingerprint density at radius 3 is 2.63 bits per heavy atom. The van der Waals surface area contributed by atoms with Crippen molar-refractivity contribution in [2.24, 2.45) is 0 Å². The molecule has 27 heavy (non-hydrogen) atoms. The lowest BCUT2D eigenvalue weighted by Gasteiger charge is -2.07. The molecule has 5 nitrogen and oxygen atoms in total. The molecule has 0 radical (unpaired) electrons. The smallest absolute Gasteiger partial charge is 0.257 e. The first-order valence-corrected chi connectivity index (χ1v) is 10.2. The van der Waals surface area contributed by atoms with E-state index in [4.69, 9.17) is 0 Å². The molecule has 0 fully saturated rings. The summed E-state index contributed by atoms with van der Waals surface area (Å²) >= 11 is 3.65. The molecule has 0 bridgehead atoms. The molecular weight excluding hydrogens is 471 g/mol. The Morgan fingerprint density at radius 1 is 1.11 bits per heavy atom. The van der Waals surface area contributed by atoms with Gasteiger partial charge < -0.3 is 5.32 Å². The van der Waals surface area contributed by atoms with E-state index < -0.39 is 0 Å². The molecule has 1 amide bonds. The number of nitrogens with one attached hydrogen (secondary N) is 1. The maximum atomic E-state index is 12.7. The predicted octanol–water partition coefficient (Wildman–Crippen LogP) is 5.16. The summed E-state index contributed by atoms with van der Waals surface area (Å²) in [4.78, 5) is 17.4. The van der Waals surface area contributed by atoms with E-state index in [0.717, 1.165) is 20.5 Å². The maximum absolute atomic E-state index is 12.7. The molecule has 2 aromatic heterocycles. The van der Waals surface area contributed by atoms with Gasteiger partial charge in [-0.05, 0) is 41.6 Å². The van der Waals surface area contributed by atoms with Gasteiger partial charge in [0, 0.05) is 20.6 Å². The number of halogens is 1. The van der Waals surface area contributed by atoms with Crippen LogP contribution in [0, 0.1) is 10.5 Å². The highest BCUT2D eigenvalue weighted by atomic mass is 127. The van der Waals surface area contributed by atoms with Gasteiger partial charge in [0.2, 0.25) is 5.13 Å². The summed E-state index contributed by atoms with van der Waals surface area (Å²) in [6, 6.07) is 19.3. The Bertz CT molecular complexity index is 1100. The molecule has 0 atom stereocenters. The Labute approximate surface area is 174 Å². The summed E-state index contributed by atoms with van der Waals surface area (Å²) in [7, 11) is 0. The zero-order chi connectivity index (χ0) is 18.8. The van der Waals surface area contributed by atoms with Crippen molar-refractivity contribution in [1.82, 2.24) is 14.8 Å². The number of carbonyl (C=O) groups is 1. The first-order valence-electron chi connectivity index (χ1n) is 8.26. The number of benzene rings is 2. The van der Waals surface area contributed by atoms with Crippen molar-refractivity contribution in [3.05, 3.63) is 80.9 Å². The Morgan fingerprint density at radius 2 is 1.85 bits per heavy atom. The van der Waals surface area contributed by atoms with Crippen LogP contribution in [0.5, 0.6) is 0 Å². The van der Waals surface area contributed by atoms with Crippen molar-refractivity contribution in [3.8, 4) is 16.4 Å². The normalized spacial score (nSPS) is 10.7. The quantitative estimate of drug-likeness (QED) is 0.406. The molecule has 2 heterocycles. The fourth-order valence-corrected chi connectivity index (χ4v) is 4.09. The molecule has 0 aliphatic heterocycles. The van der Waals surface area contributed by atoms with Crippen LogP contribution >= 0.6 is 33.9 Å². The van der Waals surface area contributed by atoms with Gasteiger partial charge in [-0.25, -0.2) is 4.98 Å². The highest BCUT2D eigenvalue weighted by Gasteiger charge is 2.16. The van der Waals surface area contributed by atoms with Gasteiger partial charge >= 0.3 is 0 Å². The van der Waals surface area contributed by atoms with E-state index in [-0.39, 0.29) is 5.91 Å². The van der Waals surface area contributed by atoms with Gasteiger partial charge in [-0.15, -0.1) is 11.3 Å². The largest absolute Gasteiger partial charge is 0.306 e. The van der Waals surface area contributed by atoms with E-state index in [9.17, 15) is 4.79 Å². The fraction of sp³-hybridized carbons (Fsp3) is 0.0500. The third kappa shape index (κ3) is 3.79. The number of aromatic nitrogens is 3. The molecule has 134 valence electrons. The Hall–Kier alpha value is -2.52. The van der Waals surface area contributed by atoms with Crippen LogP contribution in [0.3, 0.4) is 0 Å². The molecule has 4 rings (SSSR count). The van der Waals surface area contributed by atoms with E-state index in [1.54, 1.807) is 4.68 Å². The highest BCUT2D eigenvalue weighted by molar-refractivity contribution is 14.1. The Kier molecular flexibility index (Phi) is 5.04. The number of rotatable bonds is 4. The van der Waals surface area contributed by atoms with E-state index >= 15 is 0 Å². The number of thiazole rings is 1. The van der Waals surface area contributed by atoms with Crippen LogP contribution in [0.15, 0.2) is 66.0 Å². The topological polar surface area (TPSA) is 59.8 Å². The first-order chi connectivity index (χ1) is 13.1. The van der Waals surface area contributed by atoms with Gasteiger partial charge in [-0.1, -0.05) is 42.5 Å². The van der Waals surface area contributed by atoms with Crippen LogP contribution in [0.4, 0.5) is 5.82 Å². The second-order valence-electron chi connectivity index (χ2n) is 5.90. The molecule has 0 aliphatic carbocycles. The maximum Gasteiger partial charge on any atom is 0.257 e. The second kappa shape index (κ2) is 7.61. The summed E-state index contributed by atoms with van der Waals surface area (Å²) in [5, 5.41) is 10.2. The van der Waals surface area contributed by atoms with Crippen molar-refractivity contribution in [1.29, 1.82) is 0 Å².